The van der Waals surface area contributed by atoms with E-state index < -0.39 is 11.7 Å². The highest BCUT2D eigenvalue weighted by Gasteiger charge is 2.19. The maximum Gasteiger partial charge on any atom is 0.412 e. The Kier molecular flexibility index (Phi) is 7.64. The number of carbonyl (C=O) groups excluding carboxylic acids is 2. The third kappa shape index (κ3) is 6.66. The first-order valence-corrected chi connectivity index (χ1v) is 12.0. The van der Waals surface area contributed by atoms with Crippen molar-refractivity contribution in [3.63, 3.8) is 0 Å². The normalized spacial score (nSPS) is 13.8. The molecule has 1 saturated heterocycles. The molecule has 2 aromatic carbocycles. The lowest BCUT2D eigenvalue weighted by atomic mass is 9.97. The van der Waals surface area contributed by atoms with Crippen molar-refractivity contribution in [2.24, 2.45) is 0 Å². The molecule has 188 valence electrons. The summed E-state index contributed by atoms with van der Waals surface area (Å²) >= 11 is 0. The molecule has 1 aliphatic rings. The molecular formula is C28H31FN4O3. The fourth-order valence-electron chi connectivity index (χ4n) is 4.00. The van der Waals surface area contributed by atoms with E-state index in [0.29, 0.717) is 16.8 Å². The van der Waals surface area contributed by atoms with Crippen LogP contribution in [0.1, 0.15) is 36.7 Å². The number of benzene rings is 2. The third-order valence-corrected chi connectivity index (χ3v) is 5.78. The van der Waals surface area contributed by atoms with Gasteiger partial charge in [-0.15, -0.1) is 0 Å². The molecule has 0 atom stereocenters. The number of Topliss-reactive ketones (excluding diaryl/α,β-unsaturated/α-hetero) is 1. The van der Waals surface area contributed by atoms with E-state index in [1.165, 1.54) is 12.1 Å². The molecule has 36 heavy (non-hydrogen) atoms. The number of halogens is 1. The Bertz CT molecular complexity index is 1220. The van der Waals surface area contributed by atoms with Gasteiger partial charge in [-0.3, -0.25) is 10.1 Å². The van der Waals surface area contributed by atoms with Crippen LogP contribution in [-0.2, 0) is 11.2 Å². The number of piperazine rings is 1. The van der Waals surface area contributed by atoms with Gasteiger partial charge in [-0.1, -0.05) is 18.2 Å². The van der Waals surface area contributed by atoms with Gasteiger partial charge in [0.2, 0.25) is 0 Å². The SMILES string of the molecule is CC(C)(C)OC(=O)Nc1ccc(-c2ccc(F)cc2)cc1CC(=O)c1ccc(N2CCNCC2)nc1. The lowest BCUT2D eigenvalue weighted by Crippen LogP contribution is -2.43. The number of amides is 1. The van der Waals surface area contributed by atoms with Crippen LogP contribution in [-0.4, -0.2) is 48.6 Å². The molecule has 0 radical (unpaired) electrons. The first-order valence-electron chi connectivity index (χ1n) is 12.0. The van der Waals surface area contributed by atoms with Gasteiger partial charge >= 0.3 is 6.09 Å². The van der Waals surface area contributed by atoms with E-state index in [2.05, 4.69) is 20.5 Å². The Morgan fingerprint density at radius 3 is 2.36 bits per heavy atom. The van der Waals surface area contributed by atoms with Gasteiger partial charge in [0, 0.05) is 50.0 Å². The zero-order chi connectivity index (χ0) is 25.7. The molecule has 0 spiro atoms. The van der Waals surface area contributed by atoms with Crippen molar-refractivity contribution >= 4 is 23.4 Å². The zero-order valence-electron chi connectivity index (χ0n) is 20.8. The molecule has 2 N–H and O–H groups in total. The number of hydrogen-bond donors (Lipinski definition) is 2. The number of nitrogens with one attached hydrogen (secondary N) is 2. The minimum atomic E-state index is -0.661. The maximum atomic E-state index is 13.4. The molecule has 8 heteroatoms. The fourth-order valence-corrected chi connectivity index (χ4v) is 4.00. The van der Waals surface area contributed by atoms with Crippen LogP contribution in [0.15, 0.2) is 60.8 Å². The van der Waals surface area contributed by atoms with Gasteiger partial charge in [-0.25, -0.2) is 14.2 Å². The second kappa shape index (κ2) is 10.9. The van der Waals surface area contributed by atoms with Crippen LogP contribution in [0.25, 0.3) is 11.1 Å². The lowest BCUT2D eigenvalue weighted by molar-refractivity contribution is 0.0635. The van der Waals surface area contributed by atoms with Crippen molar-refractivity contribution in [1.82, 2.24) is 10.3 Å². The van der Waals surface area contributed by atoms with Crippen molar-refractivity contribution < 1.29 is 18.7 Å². The van der Waals surface area contributed by atoms with Crippen LogP contribution in [0.3, 0.4) is 0 Å². The minimum Gasteiger partial charge on any atom is -0.444 e. The van der Waals surface area contributed by atoms with Crippen molar-refractivity contribution in [1.29, 1.82) is 0 Å². The first kappa shape index (κ1) is 25.3. The molecule has 0 bridgehead atoms. The van der Waals surface area contributed by atoms with Crippen molar-refractivity contribution in [3.05, 3.63) is 77.7 Å². The number of carbonyl (C=O) groups is 2. The number of pyridine rings is 1. The second-order valence-electron chi connectivity index (χ2n) is 9.75. The average Bonchev–Trinajstić information content (AvgIpc) is 2.85. The molecule has 7 nitrogen and oxygen atoms in total. The monoisotopic (exact) mass is 490 g/mol. The van der Waals surface area contributed by atoms with Gasteiger partial charge in [0.05, 0.1) is 0 Å². The summed E-state index contributed by atoms with van der Waals surface area (Å²) < 4.78 is 18.8. The van der Waals surface area contributed by atoms with Crippen LogP contribution in [0, 0.1) is 5.82 Å². The predicted molar refractivity (Wildman–Crippen MR) is 139 cm³/mol. The zero-order valence-corrected chi connectivity index (χ0v) is 20.8. The summed E-state index contributed by atoms with van der Waals surface area (Å²) in [5.41, 5.74) is 2.54. The van der Waals surface area contributed by atoms with E-state index in [4.69, 9.17) is 4.74 Å². The Balaban J connectivity index is 1.57. The molecule has 1 aliphatic heterocycles. The van der Waals surface area contributed by atoms with Gasteiger partial charge in [0.1, 0.15) is 17.2 Å². The highest BCUT2D eigenvalue weighted by Crippen LogP contribution is 2.27. The Morgan fingerprint density at radius 2 is 1.72 bits per heavy atom. The summed E-state index contributed by atoms with van der Waals surface area (Å²) in [6, 6.07) is 15.2. The Hall–Kier alpha value is -3.78. The molecule has 0 aliphatic carbocycles. The topological polar surface area (TPSA) is 83.6 Å². The Labute approximate surface area is 210 Å². The van der Waals surface area contributed by atoms with Gasteiger partial charge in [0.25, 0.3) is 0 Å². The highest BCUT2D eigenvalue weighted by atomic mass is 19.1. The third-order valence-electron chi connectivity index (χ3n) is 5.78. The number of nitrogens with zero attached hydrogens (tertiary/aromatic N) is 2. The highest BCUT2D eigenvalue weighted by molar-refractivity contribution is 5.99. The van der Waals surface area contributed by atoms with Crippen molar-refractivity contribution in [2.45, 2.75) is 32.8 Å². The van der Waals surface area contributed by atoms with Crippen LogP contribution >= 0.6 is 0 Å². The summed E-state index contributed by atoms with van der Waals surface area (Å²) in [5, 5.41) is 6.07. The van der Waals surface area contributed by atoms with E-state index >= 15 is 0 Å². The summed E-state index contributed by atoms with van der Waals surface area (Å²) in [6.07, 6.45) is 1.05. The predicted octanol–water partition coefficient (Wildman–Crippen LogP) is 5.07. The quantitative estimate of drug-likeness (QED) is 0.470. The van der Waals surface area contributed by atoms with Gasteiger partial charge < -0.3 is 15.0 Å². The molecule has 1 amide bonds. The lowest BCUT2D eigenvalue weighted by Gasteiger charge is -2.28. The van der Waals surface area contributed by atoms with Gasteiger partial charge in [0.15, 0.2) is 5.78 Å². The molecule has 1 aromatic heterocycles. The summed E-state index contributed by atoms with van der Waals surface area (Å²) in [6.45, 7) is 8.90. The van der Waals surface area contributed by atoms with Crippen molar-refractivity contribution in [3.8, 4) is 11.1 Å². The maximum absolute atomic E-state index is 13.4. The van der Waals surface area contributed by atoms with Gasteiger partial charge in [-0.2, -0.15) is 0 Å². The molecule has 0 unspecified atom stereocenters. The number of rotatable bonds is 6. The van der Waals surface area contributed by atoms with Crippen LogP contribution in [0.4, 0.5) is 20.7 Å². The summed E-state index contributed by atoms with van der Waals surface area (Å²) in [4.78, 5) is 32.3. The molecule has 0 saturated carbocycles. The number of ketones is 1. The van der Waals surface area contributed by atoms with E-state index in [9.17, 15) is 14.0 Å². The van der Waals surface area contributed by atoms with Crippen molar-refractivity contribution in [2.75, 3.05) is 36.4 Å². The Morgan fingerprint density at radius 1 is 1.03 bits per heavy atom. The largest absolute Gasteiger partial charge is 0.444 e. The van der Waals surface area contributed by atoms with Crippen LogP contribution in [0.5, 0.6) is 0 Å². The van der Waals surface area contributed by atoms with Crippen LogP contribution < -0.4 is 15.5 Å². The van der Waals surface area contributed by atoms with E-state index in [1.807, 2.05) is 18.2 Å². The van der Waals surface area contributed by atoms with E-state index in [1.54, 1.807) is 51.2 Å². The van der Waals surface area contributed by atoms with E-state index in [0.717, 1.165) is 43.1 Å². The summed E-state index contributed by atoms with van der Waals surface area (Å²) in [7, 11) is 0. The van der Waals surface area contributed by atoms with E-state index in [-0.39, 0.29) is 18.0 Å². The fraction of sp³-hybridized carbons (Fsp3) is 0.321. The number of hydrogen-bond acceptors (Lipinski definition) is 6. The molecule has 3 aromatic rings. The number of anilines is 2. The molecule has 4 rings (SSSR count). The first-order chi connectivity index (χ1) is 17.2. The van der Waals surface area contributed by atoms with Crippen LogP contribution in [0.2, 0.25) is 0 Å². The molecule has 1 fully saturated rings. The smallest absolute Gasteiger partial charge is 0.412 e. The molecular weight excluding hydrogens is 459 g/mol. The molecule has 2 heterocycles. The second-order valence-corrected chi connectivity index (χ2v) is 9.75. The standard InChI is InChI=1S/C28H31FN4O3/c1-28(2,3)36-27(35)32-24-10-6-20(19-4-8-23(29)9-5-19)16-22(24)17-25(34)21-7-11-26(31-18-21)33-14-12-30-13-15-33/h4-11,16,18,30H,12-15,17H2,1-3H3,(H,32,35). The summed E-state index contributed by atoms with van der Waals surface area (Å²) in [5.74, 6) is 0.394. The minimum absolute atomic E-state index is 0.0504. The van der Waals surface area contributed by atoms with Gasteiger partial charge in [-0.05, 0) is 73.9 Å². The average molecular weight is 491 g/mol. The number of ether oxygens (including phenoxy) is 1. The number of aromatic nitrogens is 1.